The fourth-order valence-corrected chi connectivity index (χ4v) is 2.17. The van der Waals surface area contributed by atoms with Crippen molar-refractivity contribution >= 4 is 16.5 Å². The Kier molecular flexibility index (Phi) is 5.57. The molecule has 1 rings (SSSR count). The van der Waals surface area contributed by atoms with Crippen LogP contribution in [-0.2, 0) is 6.54 Å². The molecule has 15 heavy (non-hydrogen) atoms. The summed E-state index contributed by atoms with van der Waals surface area (Å²) in [5.74, 6) is 0. The van der Waals surface area contributed by atoms with Gasteiger partial charge in [-0.3, -0.25) is 4.90 Å². The Balaban J connectivity index is 2.35. The van der Waals surface area contributed by atoms with Crippen molar-refractivity contribution in [3.8, 4) is 0 Å². The quantitative estimate of drug-likeness (QED) is 0.777. The summed E-state index contributed by atoms with van der Waals surface area (Å²) in [6.07, 6.45) is 2.48. The van der Waals surface area contributed by atoms with Gasteiger partial charge in [0.2, 0.25) is 5.13 Å². The lowest BCUT2D eigenvalue weighted by atomic mass is 10.3. The van der Waals surface area contributed by atoms with E-state index < -0.39 is 0 Å². The molecule has 0 fully saturated rings. The Hall–Kier alpha value is -0.680. The van der Waals surface area contributed by atoms with Gasteiger partial charge in [-0.15, -0.1) is 10.2 Å². The fraction of sp³-hybridized carbons (Fsp3) is 0.800. The highest BCUT2D eigenvalue weighted by Gasteiger charge is 2.05. The number of rotatable bonds is 7. The van der Waals surface area contributed by atoms with Crippen molar-refractivity contribution < 1.29 is 0 Å². The van der Waals surface area contributed by atoms with E-state index in [1.54, 1.807) is 11.3 Å². The predicted octanol–water partition coefficient (Wildman–Crippen LogP) is 2.20. The Morgan fingerprint density at radius 2 is 2.13 bits per heavy atom. The minimum Gasteiger partial charge on any atom is -0.360 e. The molecule has 0 aromatic carbocycles. The first-order valence-corrected chi connectivity index (χ1v) is 6.32. The van der Waals surface area contributed by atoms with E-state index in [4.69, 9.17) is 0 Å². The van der Waals surface area contributed by atoms with Crippen LogP contribution >= 0.6 is 11.3 Å². The third-order valence-corrected chi connectivity index (χ3v) is 2.96. The van der Waals surface area contributed by atoms with Gasteiger partial charge in [0.1, 0.15) is 5.01 Å². The van der Waals surface area contributed by atoms with Gasteiger partial charge in [-0.1, -0.05) is 24.7 Å². The van der Waals surface area contributed by atoms with E-state index in [9.17, 15) is 0 Å². The Bertz CT molecular complexity index is 274. The highest BCUT2D eigenvalue weighted by atomic mass is 32.1. The molecule has 1 N–H and O–H groups in total. The molecule has 0 bridgehead atoms. The average Bonchev–Trinajstić information content (AvgIpc) is 2.63. The number of anilines is 1. The van der Waals surface area contributed by atoms with Gasteiger partial charge in [-0.25, -0.2) is 0 Å². The first kappa shape index (κ1) is 12.4. The zero-order valence-corrected chi connectivity index (χ0v) is 10.6. The summed E-state index contributed by atoms with van der Waals surface area (Å²) < 4.78 is 0. The molecule has 1 heterocycles. The lowest BCUT2D eigenvalue weighted by molar-refractivity contribution is 0.319. The third-order valence-electron chi connectivity index (χ3n) is 2.09. The summed E-state index contributed by atoms with van der Waals surface area (Å²) in [5, 5.41) is 13.4. The maximum absolute atomic E-state index is 4.15. The van der Waals surface area contributed by atoms with Gasteiger partial charge in [-0.2, -0.15) is 0 Å². The number of hydrogen-bond acceptors (Lipinski definition) is 5. The topological polar surface area (TPSA) is 41.1 Å². The van der Waals surface area contributed by atoms with Crippen LogP contribution in [0.4, 0.5) is 5.13 Å². The molecular weight excluding hydrogens is 208 g/mol. The second kappa shape index (κ2) is 6.74. The minimum atomic E-state index is 0.903. The van der Waals surface area contributed by atoms with Crippen LogP contribution in [0, 0.1) is 0 Å². The molecule has 86 valence electrons. The Morgan fingerprint density at radius 1 is 1.33 bits per heavy atom. The molecule has 5 heteroatoms. The number of unbranched alkanes of at least 4 members (excludes halogenated alkanes) is 1. The molecule has 0 saturated heterocycles. The zero-order valence-electron chi connectivity index (χ0n) is 9.79. The molecule has 0 radical (unpaired) electrons. The lowest BCUT2D eigenvalue weighted by Crippen LogP contribution is -2.18. The van der Waals surface area contributed by atoms with Crippen LogP contribution in [0.15, 0.2) is 0 Å². The summed E-state index contributed by atoms with van der Waals surface area (Å²) in [4.78, 5) is 2.29. The SMILES string of the molecule is CCCCN(C)Cc1nnc(NCC)s1. The number of nitrogens with one attached hydrogen (secondary N) is 1. The van der Waals surface area contributed by atoms with Crippen LogP contribution in [0.5, 0.6) is 0 Å². The molecule has 0 saturated carbocycles. The van der Waals surface area contributed by atoms with Crippen molar-refractivity contribution in [2.45, 2.75) is 33.2 Å². The first-order valence-electron chi connectivity index (χ1n) is 5.51. The van der Waals surface area contributed by atoms with Gasteiger partial charge in [-0.05, 0) is 26.9 Å². The van der Waals surface area contributed by atoms with E-state index in [-0.39, 0.29) is 0 Å². The van der Waals surface area contributed by atoms with Crippen LogP contribution < -0.4 is 5.32 Å². The Labute approximate surface area is 95.7 Å². The minimum absolute atomic E-state index is 0.903. The van der Waals surface area contributed by atoms with Crippen molar-refractivity contribution in [3.05, 3.63) is 5.01 Å². The van der Waals surface area contributed by atoms with E-state index in [0.29, 0.717) is 0 Å². The molecule has 0 unspecified atom stereocenters. The molecule has 0 spiro atoms. The molecule has 0 atom stereocenters. The van der Waals surface area contributed by atoms with Crippen LogP contribution in [0.3, 0.4) is 0 Å². The van der Waals surface area contributed by atoms with Crippen LogP contribution in [0.1, 0.15) is 31.7 Å². The highest BCUT2D eigenvalue weighted by Crippen LogP contribution is 2.16. The van der Waals surface area contributed by atoms with E-state index >= 15 is 0 Å². The zero-order chi connectivity index (χ0) is 11.1. The van der Waals surface area contributed by atoms with Gasteiger partial charge in [0.05, 0.1) is 6.54 Å². The number of aromatic nitrogens is 2. The summed E-state index contributed by atoms with van der Waals surface area (Å²) in [7, 11) is 2.13. The van der Waals surface area contributed by atoms with Gasteiger partial charge in [0.25, 0.3) is 0 Å². The van der Waals surface area contributed by atoms with Gasteiger partial charge in [0.15, 0.2) is 0 Å². The van der Waals surface area contributed by atoms with E-state index in [0.717, 1.165) is 29.8 Å². The average molecular weight is 228 g/mol. The number of hydrogen-bond donors (Lipinski definition) is 1. The second-order valence-electron chi connectivity index (χ2n) is 3.62. The first-order chi connectivity index (χ1) is 7.26. The van der Waals surface area contributed by atoms with Gasteiger partial charge < -0.3 is 5.32 Å². The largest absolute Gasteiger partial charge is 0.360 e. The van der Waals surface area contributed by atoms with E-state index in [1.165, 1.54) is 12.8 Å². The van der Waals surface area contributed by atoms with Crippen molar-refractivity contribution in [1.29, 1.82) is 0 Å². The molecule has 1 aromatic heterocycles. The normalized spacial score (nSPS) is 10.9. The molecule has 1 aromatic rings. The summed E-state index contributed by atoms with van der Waals surface area (Å²) in [5.41, 5.74) is 0. The molecule has 4 nitrogen and oxygen atoms in total. The smallest absolute Gasteiger partial charge is 0.205 e. The molecular formula is C10H20N4S. The van der Waals surface area contributed by atoms with Gasteiger partial charge >= 0.3 is 0 Å². The number of nitrogens with zero attached hydrogens (tertiary/aromatic N) is 3. The monoisotopic (exact) mass is 228 g/mol. The third kappa shape index (κ3) is 4.57. The van der Waals surface area contributed by atoms with Crippen molar-refractivity contribution in [2.24, 2.45) is 0 Å². The summed E-state index contributed by atoms with van der Waals surface area (Å²) in [6.45, 7) is 7.21. The maximum atomic E-state index is 4.15. The van der Waals surface area contributed by atoms with Gasteiger partial charge in [0, 0.05) is 6.54 Å². The predicted molar refractivity (Wildman–Crippen MR) is 65.3 cm³/mol. The van der Waals surface area contributed by atoms with Crippen LogP contribution in [0.2, 0.25) is 0 Å². The van der Waals surface area contributed by atoms with E-state index in [2.05, 4.69) is 41.3 Å². The molecule has 0 aliphatic heterocycles. The fourth-order valence-electron chi connectivity index (χ4n) is 1.28. The second-order valence-corrected chi connectivity index (χ2v) is 4.68. The lowest BCUT2D eigenvalue weighted by Gasteiger charge is -2.13. The molecule has 0 aliphatic rings. The van der Waals surface area contributed by atoms with Crippen molar-refractivity contribution in [2.75, 3.05) is 25.5 Å². The Morgan fingerprint density at radius 3 is 2.80 bits per heavy atom. The standard InChI is InChI=1S/C10H20N4S/c1-4-6-7-14(3)8-9-12-13-10(15-9)11-5-2/h4-8H2,1-3H3,(H,11,13). The van der Waals surface area contributed by atoms with Crippen LogP contribution in [0.25, 0.3) is 0 Å². The maximum Gasteiger partial charge on any atom is 0.205 e. The van der Waals surface area contributed by atoms with Crippen molar-refractivity contribution in [3.63, 3.8) is 0 Å². The molecule has 0 amide bonds. The highest BCUT2D eigenvalue weighted by molar-refractivity contribution is 7.15. The van der Waals surface area contributed by atoms with Crippen molar-refractivity contribution in [1.82, 2.24) is 15.1 Å². The summed E-state index contributed by atoms with van der Waals surface area (Å²) >= 11 is 1.64. The van der Waals surface area contributed by atoms with Crippen LogP contribution in [-0.4, -0.2) is 35.2 Å². The van der Waals surface area contributed by atoms with E-state index in [1.807, 2.05) is 0 Å². The summed E-state index contributed by atoms with van der Waals surface area (Å²) in [6, 6.07) is 0. The molecule has 0 aliphatic carbocycles.